The van der Waals surface area contributed by atoms with Crippen LogP contribution in [0.15, 0.2) is 48.5 Å². The molecular formula is C27H37N3O3. The van der Waals surface area contributed by atoms with Gasteiger partial charge < -0.3 is 14.7 Å². The summed E-state index contributed by atoms with van der Waals surface area (Å²) in [6.45, 7) is 7.51. The van der Waals surface area contributed by atoms with Crippen molar-refractivity contribution in [2.24, 2.45) is 5.92 Å². The van der Waals surface area contributed by atoms with Crippen molar-refractivity contribution in [1.82, 2.24) is 14.7 Å². The number of piperidine rings is 1. The summed E-state index contributed by atoms with van der Waals surface area (Å²) in [4.78, 5) is 19.8. The first-order valence-corrected chi connectivity index (χ1v) is 12.2. The number of phenols is 1. The molecule has 1 N–H and O–H groups in total. The van der Waals surface area contributed by atoms with Crippen LogP contribution in [0, 0.1) is 5.92 Å². The summed E-state index contributed by atoms with van der Waals surface area (Å²) in [6, 6.07) is 16.1. The molecule has 0 bridgehead atoms. The minimum atomic E-state index is 0.178. The molecule has 6 heteroatoms. The number of carbonyl (C=O) groups is 1. The number of rotatable bonds is 8. The smallest absolute Gasteiger partial charge is 0.222 e. The number of ether oxygens (including phenoxy) is 1. The maximum Gasteiger partial charge on any atom is 0.222 e. The van der Waals surface area contributed by atoms with Crippen LogP contribution in [0.1, 0.15) is 36.8 Å². The number of carbonyl (C=O) groups excluding carboxylic acids is 1. The van der Waals surface area contributed by atoms with Gasteiger partial charge in [-0.15, -0.1) is 0 Å². The molecule has 4 rings (SSSR count). The fourth-order valence-electron chi connectivity index (χ4n) is 5.09. The Morgan fingerprint density at radius 2 is 1.73 bits per heavy atom. The number of piperazine rings is 1. The molecule has 1 atom stereocenters. The van der Waals surface area contributed by atoms with Crippen molar-refractivity contribution in [2.45, 2.75) is 38.8 Å². The molecule has 2 fully saturated rings. The monoisotopic (exact) mass is 451 g/mol. The zero-order valence-electron chi connectivity index (χ0n) is 19.8. The average molecular weight is 452 g/mol. The Balaban J connectivity index is 1.19. The van der Waals surface area contributed by atoms with E-state index in [0.717, 1.165) is 64.3 Å². The molecule has 0 spiro atoms. The van der Waals surface area contributed by atoms with Gasteiger partial charge in [0.1, 0.15) is 0 Å². The third-order valence-corrected chi connectivity index (χ3v) is 6.99. The van der Waals surface area contributed by atoms with Gasteiger partial charge in [0.15, 0.2) is 11.5 Å². The van der Waals surface area contributed by atoms with E-state index in [9.17, 15) is 9.90 Å². The first-order valence-electron chi connectivity index (χ1n) is 12.2. The van der Waals surface area contributed by atoms with Crippen LogP contribution in [-0.2, 0) is 17.9 Å². The molecule has 0 aliphatic carbocycles. The van der Waals surface area contributed by atoms with Crippen LogP contribution in [0.3, 0.4) is 0 Å². The maximum absolute atomic E-state index is 12.8. The van der Waals surface area contributed by atoms with Gasteiger partial charge in [0, 0.05) is 52.2 Å². The normalized spacial score (nSPS) is 20.0. The Morgan fingerprint density at radius 1 is 0.970 bits per heavy atom. The van der Waals surface area contributed by atoms with E-state index in [1.54, 1.807) is 13.2 Å². The zero-order chi connectivity index (χ0) is 23.0. The second-order valence-electron chi connectivity index (χ2n) is 9.43. The summed E-state index contributed by atoms with van der Waals surface area (Å²) < 4.78 is 5.24. The fraction of sp³-hybridized carbons (Fsp3) is 0.519. The third-order valence-electron chi connectivity index (χ3n) is 6.99. The second-order valence-corrected chi connectivity index (χ2v) is 9.43. The lowest BCUT2D eigenvalue weighted by molar-refractivity contribution is -0.133. The molecule has 2 aliphatic heterocycles. The van der Waals surface area contributed by atoms with E-state index in [1.165, 1.54) is 18.4 Å². The summed E-state index contributed by atoms with van der Waals surface area (Å²) >= 11 is 0. The van der Waals surface area contributed by atoms with E-state index in [-0.39, 0.29) is 5.75 Å². The Hall–Kier alpha value is -2.57. The molecule has 178 valence electrons. The molecule has 0 radical (unpaired) electrons. The minimum absolute atomic E-state index is 0.178. The van der Waals surface area contributed by atoms with Gasteiger partial charge in [-0.1, -0.05) is 36.4 Å². The number of methoxy groups -OCH3 is 1. The molecule has 6 nitrogen and oxygen atoms in total. The molecule has 1 amide bonds. The molecule has 2 aromatic rings. The van der Waals surface area contributed by atoms with Crippen LogP contribution < -0.4 is 4.74 Å². The summed E-state index contributed by atoms with van der Waals surface area (Å²) in [5.41, 5.74) is 2.49. The lowest BCUT2D eigenvalue weighted by atomic mass is 9.92. The van der Waals surface area contributed by atoms with E-state index in [2.05, 4.69) is 45.0 Å². The average Bonchev–Trinajstić information content (AvgIpc) is 2.85. The number of likely N-dealkylation sites (tertiary alicyclic amines) is 1. The van der Waals surface area contributed by atoms with Crippen molar-refractivity contribution in [2.75, 3.05) is 46.4 Å². The number of amides is 1. The van der Waals surface area contributed by atoms with Crippen LogP contribution in [0.4, 0.5) is 0 Å². The number of benzene rings is 2. The van der Waals surface area contributed by atoms with Crippen LogP contribution >= 0.6 is 0 Å². The number of hydrogen-bond donors (Lipinski definition) is 1. The number of nitrogens with zero attached hydrogens (tertiary/aromatic N) is 3. The van der Waals surface area contributed by atoms with Crippen molar-refractivity contribution in [3.05, 3.63) is 59.7 Å². The zero-order valence-corrected chi connectivity index (χ0v) is 19.8. The van der Waals surface area contributed by atoms with Crippen LogP contribution in [0.25, 0.3) is 0 Å². The van der Waals surface area contributed by atoms with Gasteiger partial charge >= 0.3 is 0 Å². The van der Waals surface area contributed by atoms with E-state index in [0.29, 0.717) is 24.0 Å². The Kier molecular flexibility index (Phi) is 8.24. The predicted molar refractivity (Wildman–Crippen MR) is 130 cm³/mol. The highest BCUT2D eigenvalue weighted by Gasteiger charge is 2.24. The Morgan fingerprint density at radius 3 is 2.48 bits per heavy atom. The van der Waals surface area contributed by atoms with Crippen LogP contribution in [0.2, 0.25) is 0 Å². The van der Waals surface area contributed by atoms with Gasteiger partial charge in [-0.05, 0) is 55.0 Å². The Labute approximate surface area is 197 Å². The first kappa shape index (κ1) is 23.6. The van der Waals surface area contributed by atoms with Gasteiger partial charge in [-0.25, -0.2) is 0 Å². The summed E-state index contributed by atoms with van der Waals surface area (Å²) in [5.74, 6) is 1.59. The van der Waals surface area contributed by atoms with Crippen molar-refractivity contribution in [3.63, 3.8) is 0 Å². The van der Waals surface area contributed by atoms with E-state index in [4.69, 9.17) is 4.74 Å². The number of aromatic hydroxyl groups is 1. The molecule has 2 aliphatic rings. The maximum atomic E-state index is 12.8. The van der Waals surface area contributed by atoms with E-state index >= 15 is 0 Å². The van der Waals surface area contributed by atoms with Gasteiger partial charge in [-0.3, -0.25) is 14.6 Å². The molecule has 2 aromatic carbocycles. The first-order chi connectivity index (χ1) is 16.1. The van der Waals surface area contributed by atoms with Gasteiger partial charge in [0.2, 0.25) is 5.91 Å². The summed E-state index contributed by atoms with van der Waals surface area (Å²) in [7, 11) is 1.58. The highest BCUT2D eigenvalue weighted by atomic mass is 16.5. The second kappa shape index (κ2) is 11.5. The van der Waals surface area contributed by atoms with Crippen molar-refractivity contribution >= 4 is 5.91 Å². The standard InChI is InChI=1S/C27H37N3O3/c1-33-26-18-24(9-11-25(26)31)21-29-13-5-8-23(20-29)10-12-27(32)30-16-14-28(15-17-30)19-22-6-3-2-4-7-22/h2-4,6-7,9,11,18,23,31H,5,8,10,12-17,19-21H2,1H3/t23-/m1/s1. The number of hydrogen-bond acceptors (Lipinski definition) is 5. The minimum Gasteiger partial charge on any atom is -0.504 e. The molecule has 0 saturated carbocycles. The van der Waals surface area contributed by atoms with Crippen molar-refractivity contribution < 1.29 is 14.6 Å². The van der Waals surface area contributed by atoms with Gasteiger partial charge in [0.05, 0.1) is 7.11 Å². The fourth-order valence-corrected chi connectivity index (χ4v) is 5.09. The number of phenolic OH excluding ortho intramolecular Hbond substituents is 1. The van der Waals surface area contributed by atoms with Crippen LogP contribution in [0.5, 0.6) is 11.5 Å². The predicted octanol–water partition coefficient (Wildman–Crippen LogP) is 3.74. The quantitative estimate of drug-likeness (QED) is 0.663. The third kappa shape index (κ3) is 6.71. The molecule has 2 saturated heterocycles. The molecule has 2 heterocycles. The lowest BCUT2D eigenvalue weighted by Gasteiger charge is -2.36. The van der Waals surface area contributed by atoms with Gasteiger partial charge in [0.25, 0.3) is 0 Å². The highest BCUT2D eigenvalue weighted by Crippen LogP contribution is 2.28. The molecular weight excluding hydrogens is 414 g/mol. The highest BCUT2D eigenvalue weighted by molar-refractivity contribution is 5.76. The molecule has 33 heavy (non-hydrogen) atoms. The van der Waals surface area contributed by atoms with E-state index < -0.39 is 0 Å². The topological polar surface area (TPSA) is 56.2 Å². The molecule has 0 unspecified atom stereocenters. The SMILES string of the molecule is COc1cc(CN2CCC[C@H](CCC(=O)N3CCN(Cc4ccccc4)CC3)C2)ccc1O. The van der Waals surface area contributed by atoms with E-state index in [1.807, 2.05) is 12.1 Å². The van der Waals surface area contributed by atoms with Crippen LogP contribution in [-0.4, -0.2) is 72.1 Å². The largest absolute Gasteiger partial charge is 0.504 e. The summed E-state index contributed by atoms with van der Waals surface area (Å²) in [6.07, 6.45) is 4.00. The summed E-state index contributed by atoms with van der Waals surface area (Å²) in [5, 5.41) is 9.82. The van der Waals surface area contributed by atoms with Crippen molar-refractivity contribution in [3.8, 4) is 11.5 Å². The Bertz CT molecular complexity index is 897. The van der Waals surface area contributed by atoms with Gasteiger partial charge in [-0.2, -0.15) is 0 Å². The van der Waals surface area contributed by atoms with Crippen molar-refractivity contribution in [1.29, 1.82) is 0 Å². The molecule has 0 aromatic heterocycles. The lowest BCUT2D eigenvalue weighted by Crippen LogP contribution is -2.48.